The Morgan fingerprint density at radius 3 is 2.83 bits per heavy atom. The zero-order valence-electron chi connectivity index (χ0n) is 11.4. The van der Waals surface area contributed by atoms with Crippen molar-refractivity contribution in [3.63, 3.8) is 0 Å². The van der Waals surface area contributed by atoms with Crippen molar-refractivity contribution >= 4 is 5.78 Å². The fourth-order valence-corrected chi connectivity index (χ4v) is 2.54. The van der Waals surface area contributed by atoms with Gasteiger partial charge in [0.15, 0.2) is 5.78 Å². The molecule has 0 amide bonds. The van der Waals surface area contributed by atoms with Gasteiger partial charge in [0.2, 0.25) is 0 Å². The molecule has 0 bridgehead atoms. The second-order valence-electron chi connectivity index (χ2n) is 4.98. The molecule has 0 atom stereocenters. The van der Waals surface area contributed by atoms with Crippen molar-refractivity contribution in [2.24, 2.45) is 0 Å². The molecule has 0 spiro atoms. The van der Waals surface area contributed by atoms with Gasteiger partial charge in [-0.25, -0.2) is 0 Å². The highest BCUT2D eigenvalue weighted by atomic mass is 16.1. The van der Waals surface area contributed by atoms with Crippen LogP contribution >= 0.6 is 0 Å². The summed E-state index contributed by atoms with van der Waals surface area (Å²) >= 11 is 0. The molecule has 0 saturated carbocycles. The monoisotopic (exact) mass is 246 g/mol. The lowest BCUT2D eigenvalue weighted by Crippen LogP contribution is -2.10. The molecule has 3 nitrogen and oxygen atoms in total. The third-order valence-electron chi connectivity index (χ3n) is 3.72. The van der Waals surface area contributed by atoms with Crippen LogP contribution in [0.4, 0.5) is 0 Å². The van der Waals surface area contributed by atoms with Crippen LogP contribution in [-0.2, 0) is 11.2 Å². The molecule has 0 aliphatic heterocycles. The van der Waals surface area contributed by atoms with Gasteiger partial charge in [-0.15, -0.1) is 0 Å². The second kappa shape index (κ2) is 5.98. The fourth-order valence-electron chi connectivity index (χ4n) is 2.54. The quantitative estimate of drug-likeness (QED) is 0.770. The molecule has 0 radical (unpaired) electrons. The minimum Gasteiger partial charge on any atom is -0.294 e. The fraction of sp³-hybridized carbons (Fsp3) is 0.600. The number of nitrogens with zero attached hydrogens (tertiary/aromatic N) is 2. The molecule has 1 aromatic rings. The first-order valence-electron chi connectivity index (χ1n) is 7.00. The molecule has 0 unspecified atom stereocenters. The first-order chi connectivity index (χ1) is 8.74. The van der Waals surface area contributed by atoms with Crippen LogP contribution in [-0.4, -0.2) is 15.6 Å². The van der Waals surface area contributed by atoms with Crippen molar-refractivity contribution in [1.82, 2.24) is 9.78 Å². The van der Waals surface area contributed by atoms with E-state index < -0.39 is 0 Å². The lowest BCUT2D eigenvalue weighted by molar-refractivity contribution is -0.115. The standard InChI is InChI=1S/C15H22N2O/c1-3-14(4-2)17-10-9-13(16-17)11-15(18)12-7-5-6-8-12/h7,9-10,14H,3-6,8,11H2,1-2H3. The summed E-state index contributed by atoms with van der Waals surface area (Å²) in [5.74, 6) is 0.252. The predicted molar refractivity (Wildman–Crippen MR) is 72.5 cm³/mol. The SMILES string of the molecule is CCC(CC)n1ccc(CC(=O)C2=CCCC2)n1. The highest BCUT2D eigenvalue weighted by Gasteiger charge is 2.15. The number of hydrogen-bond donors (Lipinski definition) is 0. The van der Waals surface area contributed by atoms with Gasteiger partial charge in [0, 0.05) is 6.20 Å². The summed E-state index contributed by atoms with van der Waals surface area (Å²) in [5, 5.41) is 4.53. The molecule has 1 aliphatic rings. The zero-order valence-corrected chi connectivity index (χ0v) is 11.4. The average molecular weight is 246 g/mol. The van der Waals surface area contributed by atoms with Crippen LogP contribution in [0.5, 0.6) is 0 Å². The first kappa shape index (κ1) is 13.1. The van der Waals surface area contributed by atoms with Gasteiger partial charge in [-0.3, -0.25) is 9.48 Å². The number of carbonyl (C=O) groups excluding carboxylic acids is 1. The maximum atomic E-state index is 12.0. The molecule has 1 aliphatic carbocycles. The Bertz CT molecular complexity index is 441. The normalized spacial score (nSPS) is 15.2. The molecule has 98 valence electrons. The van der Waals surface area contributed by atoms with Gasteiger partial charge in [0.25, 0.3) is 0 Å². The molecule has 0 aromatic carbocycles. The van der Waals surface area contributed by atoms with Crippen molar-refractivity contribution in [3.8, 4) is 0 Å². The molecule has 18 heavy (non-hydrogen) atoms. The summed E-state index contributed by atoms with van der Waals surface area (Å²) < 4.78 is 2.01. The molecule has 1 heterocycles. The topological polar surface area (TPSA) is 34.9 Å². The number of aromatic nitrogens is 2. The van der Waals surface area contributed by atoms with Crippen LogP contribution < -0.4 is 0 Å². The Kier molecular flexibility index (Phi) is 4.34. The summed E-state index contributed by atoms with van der Waals surface area (Å²) in [6.07, 6.45) is 9.84. The van der Waals surface area contributed by atoms with Crippen LogP contribution in [0.1, 0.15) is 57.7 Å². The van der Waals surface area contributed by atoms with E-state index in [1.165, 1.54) is 0 Å². The summed E-state index contributed by atoms with van der Waals surface area (Å²) in [6.45, 7) is 4.34. The lowest BCUT2D eigenvalue weighted by atomic mass is 10.1. The van der Waals surface area contributed by atoms with E-state index in [1.54, 1.807) is 0 Å². The van der Waals surface area contributed by atoms with Crippen LogP contribution in [0, 0.1) is 0 Å². The Balaban J connectivity index is 2.00. The van der Waals surface area contributed by atoms with Gasteiger partial charge in [-0.05, 0) is 43.7 Å². The van der Waals surface area contributed by atoms with Crippen LogP contribution in [0.3, 0.4) is 0 Å². The van der Waals surface area contributed by atoms with Gasteiger partial charge in [0.05, 0.1) is 18.2 Å². The van der Waals surface area contributed by atoms with Gasteiger partial charge >= 0.3 is 0 Å². The van der Waals surface area contributed by atoms with Gasteiger partial charge in [-0.2, -0.15) is 5.10 Å². The van der Waals surface area contributed by atoms with Crippen LogP contribution in [0.2, 0.25) is 0 Å². The second-order valence-corrected chi connectivity index (χ2v) is 4.98. The number of allylic oxidation sites excluding steroid dienone is 2. The van der Waals surface area contributed by atoms with Gasteiger partial charge in [-0.1, -0.05) is 19.9 Å². The van der Waals surface area contributed by atoms with E-state index in [2.05, 4.69) is 25.0 Å². The minimum absolute atomic E-state index is 0.252. The summed E-state index contributed by atoms with van der Waals surface area (Å²) in [7, 11) is 0. The number of hydrogen-bond acceptors (Lipinski definition) is 2. The van der Waals surface area contributed by atoms with Gasteiger partial charge < -0.3 is 0 Å². The first-order valence-corrected chi connectivity index (χ1v) is 7.00. The Hall–Kier alpha value is -1.38. The molecular weight excluding hydrogens is 224 g/mol. The smallest absolute Gasteiger partial charge is 0.164 e. The van der Waals surface area contributed by atoms with E-state index in [9.17, 15) is 4.79 Å². The van der Waals surface area contributed by atoms with Crippen molar-refractivity contribution in [2.45, 2.75) is 58.4 Å². The van der Waals surface area contributed by atoms with Crippen molar-refractivity contribution in [2.75, 3.05) is 0 Å². The molecule has 1 aromatic heterocycles. The van der Waals surface area contributed by atoms with E-state index >= 15 is 0 Å². The predicted octanol–water partition coefficient (Wildman–Crippen LogP) is 3.47. The number of carbonyl (C=O) groups is 1. The van der Waals surface area contributed by atoms with Crippen LogP contribution in [0.15, 0.2) is 23.9 Å². The molecule has 0 fully saturated rings. The van der Waals surface area contributed by atoms with E-state index in [-0.39, 0.29) is 5.78 Å². The molecule has 2 rings (SSSR count). The molecule has 3 heteroatoms. The third kappa shape index (κ3) is 2.89. The van der Waals surface area contributed by atoms with E-state index in [0.29, 0.717) is 12.5 Å². The van der Waals surface area contributed by atoms with Gasteiger partial charge in [0.1, 0.15) is 0 Å². The van der Waals surface area contributed by atoms with E-state index in [0.717, 1.165) is 43.4 Å². The maximum absolute atomic E-state index is 12.0. The Morgan fingerprint density at radius 2 is 2.22 bits per heavy atom. The van der Waals surface area contributed by atoms with Crippen molar-refractivity contribution in [1.29, 1.82) is 0 Å². The molecule has 0 N–H and O–H groups in total. The minimum atomic E-state index is 0.252. The highest BCUT2D eigenvalue weighted by molar-refractivity contribution is 5.96. The molecular formula is C15H22N2O. The third-order valence-corrected chi connectivity index (χ3v) is 3.72. The Morgan fingerprint density at radius 1 is 1.44 bits per heavy atom. The van der Waals surface area contributed by atoms with Crippen molar-refractivity contribution in [3.05, 3.63) is 29.6 Å². The maximum Gasteiger partial charge on any atom is 0.164 e. The highest BCUT2D eigenvalue weighted by Crippen LogP contribution is 2.20. The zero-order chi connectivity index (χ0) is 13.0. The summed E-state index contributed by atoms with van der Waals surface area (Å²) in [6, 6.07) is 2.44. The van der Waals surface area contributed by atoms with Crippen molar-refractivity contribution < 1.29 is 4.79 Å². The summed E-state index contributed by atoms with van der Waals surface area (Å²) in [4.78, 5) is 12.0. The lowest BCUT2D eigenvalue weighted by Gasteiger charge is -2.12. The summed E-state index contributed by atoms with van der Waals surface area (Å²) in [5.41, 5.74) is 1.91. The van der Waals surface area contributed by atoms with Crippen LogP contribution in [0.25, 0.3) is 0 Å². The largest absolute Gasteiger partial charge is 0.294 e. The Labute approximate surface area is 109 Å². The molecule has 0 saturated heterocycles. The number of rotatable bonds is 6. The number of Topliss-reactive ketones (excluding diaryl/α,β-unsaturated/α-hetero) is 1. The number of ketones is 1. The van der Waals surface area contributed by atoms with E-state index in [1.807, 2.05) is 16.9 Å². The van der Waals surface area contributed by atoms with E-state index in [4.69, 9.17) is 0 Å². The average Bonchev–Trinajstić information content (AvgIpc) is 3.01.